The molecular weight excluding hydrogens is 138 g/mol. The van der Waals surface area contributed by atoms with Gasteiger partial charge in [-0.15, -0.1) is 0 Å². The predicted octanol–water partition coefficient (Wildman–Crippen LogP) is 0.825. The van der Waals surface area contributed by atoms with Crippen LogP contribution in [0.4, 0.5) is 0 Å². The molecule has 0 atom stereocenters. The lowest BCUT2D eigenvalue weighted by atomic mass is 9.72. The molecule has 1 fully saturated rings. The molecular formula is C9H19NO. The summed E-state index contributed by atoms with van der Waals surface area (Å²) < 4.78 is 0. The number of nitrogens with one attached hydrogen (secondary N) is 1. The first-order valence-corrected chi connectivity index (χ1v) is 4.33. The fourth-order valence-electron chi connectivity index (χ4n) is 2.55. The molecule has 1 aliphatic rings. The summed E-state index contributed by atoms with van der Waals surface area (Å²) in [6.07, 6.45) is 1.17. The van der Waals surface area contributed by atoms with Crippen molar-refractivity contribution in [1.29, 1.82) is 0 Å². The largest absolute Gasteiger partial charge is 0.634 e. The van der Waals surface area contributed by atoms with Gasteiger partial charge in [0.25, 0.3) is 0 Å². The molecule has 0 amide bonds. The Balaban J connectivity index is 2.66. The van der Waals surface area contributed by atoms with Crippen LogP contribution in [0.15, 0.2) is 0 Å². The van der Waals surface area contributed by atoms with Gasteiger partial charge in [0, 0.05) is 10.8 Å². The molecule has 1 saturated heterocycles. The summed E-state index contributed by atoms with van der Waals surface area (Å²) in [6, 6.07) is 0. The topological polar surface area (TPSA) is 27.5 Å². The standard InChI is InChI=1S/C9H19NO/c1-8(2)5-9(3,4)7-10(11)6-8/h10H,5-7H2,1-4H3. The van der Waals surface area contributed by atoms with Crippen LogP contribution in [0.3, 0.4) is 0 Å². The van der Waals surface area contributed by atoms with Gasteiger partial charge in [-0.25, -0.2) is 0 Å². The number of quaternary nitrogens is 1. The van der Waals surface area contributed by atoms with Crippen molar-refractivity contribution in [2.75, 3.05) is 13.1 Å². The number of rotatable bonds is 0. The Hall–Kier alpha value is -0.0800. The zero-order chi connectivity index (χ0) is 8.70. The summed E-state index contributed by atoms with van der Waals surface area (Å²) in [7, 11) is 0. The maximum atomic E-state index is 11.3. The minimum atomic E-state index is 0.235. The SMILES string of the molecule is CC1(C)C[NH+]([O-])CC(C)(C)C1. The lowest BCUT2D eigenvalue weighted by Gasteiger charge is -2.45. The van der Waals surface area contributed by atoms with Crippen LogP contribution in [0.5, 0.6) is 0 Å². The second kappa shape index (κ2) is 2.46. The van der Waals surface area contributed by atoms with E-state index < -0.39 is 0 Å². The maximum absolute atomic E-state index is 11.3. The van der Waals surface area contributed by atoms with Crippen LogP contribution in [0, 0.1) is 16.0 Å². The number of piperidine rings is 1. The van der Waals surface area contributed by atoms with Crippen LogP contribution < -0.4 is 5.06 Å². The second-order valence-electron chi connectivity index (χ2n) is 5.40. The highest BCUT2D eigenvalue weighted by Crippen LogP contribution is 2.33. The molecule has 0 bridgehead atoms. The number of hydrogen-bond donors (Lipinski definition) is 1. The quantitative estimate of drug-likeness (QED) is 0.518. The Morgan fingerprint density at radius 1 is 1.00 bits per heavy atom. The van der Waals surface area contributed by atoms with Gasteiger partial charge < -0.3 is 10.3 Å². The van der Waals surface area contributed by atoms with Gasteiger partial charge in [0.1, 0.15) is 0 Å². The van der Waals surface area contributed by atoms with Gasteiger partial charge in [0.2, 0.25) is 0 Å². The van der Waals surface area contributed by atoms with E-state index in [-0.39, 0.29) is 10.8 Å². The smallest absolute Gasteiger partial charge is 0.0820 e. The number of hydrogen-bond acceptors (Lipinski definition) is 1. The predicted molar refractivity (Wildman–Crippen MR) is 46.2 cm³/mol. The molecule has 1 N–H and O–H groups in total. The van der Waals surface area contributed by atoms with Gasteiger partial charge in [0.15, 0.2) is 0 Å². The van der Waals surface area contributed by atoms with Gasteiger partial charge in [0.05, 0.1) is 13.1 Å². The minimum Gasteiger partial charge on any atom is -0.634 e. The summed E-state index contributed by atoms with van der Waals surface area (Å²) in [6.45, 7) is 10.3. The van der Waals surface area contributed by atoms with Gasteiger partial charge >= 0.3 is 0 Å². The maximum Gasteiger partial charge on any atom is 0.0820 e. The van der Waals surface area contributed by atoms with Crippen LogP contribution in [0.1, 0.15) is 34.1 Å². The van der Waals surface area contributed by atoms with Crippen molar-refractivity contribution in [3.8, 4) is 0 Å². The van der Waals surface area contributed by atoms with Crippen LogP contribution in [0.2, 0.25) is 0 Å². The van der Waals surface area contributed by atoms with Crippen molar-refractivity contribution in [3.63, 3.8) is 0 Å². The highest BCUT2D eigenvalue weighted by atomic mass is 16.5. The second-order valence-corrected chi connectivity index (χ2v) is 5.40. The van der Waals surface area contributed by atoms with E-state index >= 15 is 0 Å². The molecule has 0 aromatic heterocycles. The monoisotopic (exact) mass is 157 g/mol. The molecule has 2 nitrogen and oxygen atoms in total. The van der Waals surface area contributed by atoms with E-state index in [0.29, 0.717) is 5.06 Å². The third-order valence-electron chi connectivity index (χ3n) is 2.31. The molecule has 1 aliphatic heterocycles. The van der Waals surface area contributed by atoms with E-state index in [1.54, 1.807) is 0 Å². The van der Waals surface area contributed by atoms with Crippen molar-refractivity contribution >= 4 is 0 Å². The summed E-state index contributed by atoms with van der Waals surface area (Å²) >= 11 is 0. The van der Waals surface area contributed by atoms with Gasteiger partial charge in [-0.1, -0.05) is 27.7 Å². The molecule has 1 heterocycles. The van der Waals surface area contributed by atoms with E-state index in [4.69, 9.17) is 0 Å². The first-order valence-electron chi connectivity index (χ1n) is 4.33. The summed E-state index contributed by atoms with van der Waals surface area (Å²) in [4.78, 5) is 0. The van der Waals surface area contributed by atoms with Gasteiger partial charge in [-0.05, 0) is 6.42 Å². The molecule has 0 radical (unpaired) electrons. The van der Waals surface area contributed by atoms with E-state index in [2.05, 4.69) is 27.7 Å². The normalized spacial score (nSPS) is 30.3. The van der Waals surface area contributed by atoms with Crippen molar-refractivity contribution in [1.82, 2.24) is 0 Å². The number of hydroxylamine groups is 2. The van der Waals surface area contributed by atoms with E-state index in [9.17, 15) is 5.21 Å². The summed E-state index contributed by atoms with van der Waals surface area (Å²) in [5.74, 6) is 0. The van der Waals surface area contributed by atoms with E-state index in [1.165, 1.54) is 6.42 Å². The molecule has 0 spiro atoms. The Morgan fingerprint density at radius 3 is 1.64 bits per heavy atom. The fourth-order valence-corrected chi connectivity index (χ4v) is 2.55. The van der Waals surface area contributed by atoms with Gasteiger partial charge in [-0.2, -0.15) is 0 Å². The lowest BCUT2D eigenvalue weighted by molar-refractivity contribution is -0.870. The summed E-state index contributed by atoms with van der Waals surface area (Å²) in [5.41, 5.74) is 0.470. The first-order chi connectivity index (χ1) is 4.81. The fraction of sp³-hybridized carbons (Fsp3) is 1.00. The van der Waals surface area contributed by atoms with E-state index in [1.807, 2.05) is 0 Å². The van der Waals surface area contributed by atoms with Crippen LogP contribution in [-0.4, -0.2) is 13.1 Å². The van der Waals surface area contributed by atoms with E-state index in [0.717, 1.165) is 13.1 Å². The molecule has 0 aliphatic carbocycles. The molecule has 66 valence electrons. The highest BCUT2D eigenvalue weighted by molar-refractivity contribution is 4.81. The van der Waals surface area contributed by atoms with Crippen LogP contribution >= 0.6 is 0 Å². The molecule has 0 saturated carbocycles. The molecule has 0 aromatic carbocycles. The first kappa shape index (κ1) is 9.01. The average Bonchev–Trinajstić information content (AvgIpc) is 1.49. The Bertz CT molecular complexity index is 136. The van der Waals surface area contributed by atoms with Crippen molar-refractivity contribution < 1.29 is 5.06 Å². The van der Waals surface area contributed by atoms with Gasteiger partial charge in [-0.3, -0.25) is 0 Å². The Kier molecular flexibility index (Phi) is 2.01. The zero-order valence-corrected chi connectivity index (χ0v) is 8.03. The third kappa shape index (κ3) is 2.46. The minimum absolute atomic E-state index is 0.235. The molecule has 11 heavy (non-hydrogen) atoms. The van der Waals surface area contributed by atoms with Crippen molar-refractivity contribution in [3.05, 3.63) is 5.21 Å². The highest BCUT2D eigenvalue weighted by Gasteiger charge is 2.37. The Morgan fingerprint density at radius 2 is 1.36 bits per heavy atom. The molecule has 1 rings (SSSR count). The molecule has 2 heteroatoms. The molecule has 0 aromatic rings. The van der Waals surface area contributed by atoms with Crippen molar-refractivity contribution in [2.45, 2.75) is 34.1 Å². The Labute approximate surface area is 69.2 Å². The van der Waals surface area contributed by atoms with Crippen molar-refractivity contribution in [2.24, 2.45) is 10.8 Å². The van der Waals surface area contributed by atoms with Crippen LogP contribution in [0.25, 0.3) is 0 Å². The molecule has 0 unspecified atom stereocenters. The lowest BCUT2D eigenvalue weighted by Crippen LogP contribution is -3.11. The average molecular weight is 157 g/mol. The third-order valence-corrected chi connectivity index (χ3v) is 2.31. The summed E-state index contributed by atoms with van der Waals surface area (Å²) in [5, 5.41) is 11.7. The zero-order valence-electron chi connectivity index (χ0n) is 8.03. The van der Waals surface area contributed by atoms with Crippen LogP contribution in [-0.2, 0) is 0 Å².